The Bertz CT molecular complexity index is 1010. The van der Waals surface area contributed by atoms with Crippen molar-refractivity contribution in [3.8, 4) is 0 Å². The fourth-order valence-corrected chi connectivity index (χ4v) is 6.49. The molecule has 1 aliphatic rings. The van der Waals surface area contributed by atoms with Gasteiger partial charge in [0.25, 0.3) is 10.0 Å². The van der Waals surface area contributed by atoms with Gasteiger partial charge in [0, 0.05) is 29.7 Å². The second kappa shape index (κ2) is 5.88. The molecule has 1 unspecified atom stereocenters. The van der Waals surface area contributed by atoms with Gasteiger partial charge in [-0.3, -0.25) is 0 Å². The molecule has 1 atom stereocenters. The minimum atomic E-state index is -3.50. The molecular formula is C17H17ClN2O2S2. The number of sulfonamides is 1. The van der Waals surface area contributed by atoms with E-state index in [4.69, 9.17) is 11.6 Å². The Morgan fingerprint density at radius 3 is 2.79 bits per heavy atom. The van der Waals surface area contributed by atoms with Crippen LogP contribution in [0.4, 0.5) is 0 Å². The highest BCUT2D eigenvalue weighted by molar-refractivity contribution is 7.91. The van der Waals surface area contributed by atoms with Gasteiger partial charge in [-0.15, -0.1) is 11.3 Å². The summed E-state index contributed by atoms with van der Waals surface area (Å²) in [5.41, 5.74) is 3.60. The molecule has 0 amide bonds. The summed E-state index contributed by atoms with van der Waals surface area (Å²) in [6.45, 7) is 0. The molecule has 1 N–H and O–H groups in total. The zero-order valence-corrected chi connectivity index (χ0v) is 15.5. The van der Waals surface area contributed by atoms with E-state index < -0.39 is 10.0 Å². The monoisotopic (exact) mass is 380 g/mol. The number of halogens is 1. The van der Waals surface area contributed by atoms with E-state index in [-0.39, 0.29) is 6.04 Å². The number of hydrogen-bond donors (Lipinski definition) is 1. The first-order chi connectivity index (χ1) is 11.5. The van der Waals surface area contributed by atoms with Crippen LogP contribution in [0.3, 0.4) is 0 Å². The summed E-state index contributed by atoms with van der Waals surface area (Å²) in [5.74, 6) is 0. The Morgan fingerprint density at radius 2 is 2.04 bits per heavy atom. The fraction of sp³-hybridized carbons (Fsp3) is 0.294. The number of aromatic amines is 1. The molecule has 7 heteroatoms. The molecule has 1 aliphatic carbocycles. The van der Waals surface area contributed by atoms with Crippen LogP contribution < -0.4 is 0 Å². The number of nitrogens with zero attached hydrogens (tertiary/aromatic N) is 1. The number of likely N-dealkylation sites (N-methyl/N-ethyl adjacent to an activating group) is 1. The summed E-state index contributed by atoms with van der Waals surface area (Å²) >= 11 is 7.01. The van der Waals surface area contributed by atoms with Gasteiger partial charge < -0.3 is 4.98 Å². The Hall–Kier alpha value is -1.34. The maximum Gasteiger partial charge on any atom is 0.252 e. The summed E-state index contributed by atoms with van der Waals surface area (Å²) < 4.78 is 28.0. The third-order valence-electron chi connectivity index (χ3n) is 4.77. The molecule has 0 fully saturated rings. The first-order valence-corrected chi connectivity index (χ1v) is 10.4. The lowest BCUT2D eigenvalue weighted by Crippen LogP contribution is -2.40. The molecule has 0 bridgehead atoms. The first kappa shape index (κ1) is 16.1. The minimum Gasteiger partial charge on any atom is -0.358 e. The Balaban J connectivity index is 1.66. The van der Waals surface area contributed by atoms with Crippen LogP contribution in [0.25, 0.3) is 10.9 Å². The van der Waals surface area contributed by atoms with Crippen molar-refractivity contribution in [1.29, 1.82) is 0 Å². The summed E-state index contributed by atoms with van der Waals surface area (Å²) in [6.07, 6.45) is 2.41. The average Bonchev–Trinajstić information content (AvgIpc) is 3.17. The molecule has 0 saturated heterocycles. The standard InChI is InChI=1S/C17H17ClN2O2S2/c1-20(24(21,22)17-9-8-16(18)23-17)11-6-7-15-13(10-11)12-4-2-3-5-14(12)19-15/h2-5,8-9,11,19H,6-7,10H2,1H3. The van der Waals surface area contributed by atoms with Crippen LogP contribution in [0.2, 0.25) is 4.34 Å². The number of para-hydroxylation sites is 1. The van der Waals surface area contributed by atoms with Crippen molar-refractivity contribution in [3.63, 3.8) is 0 Å². The highest BCUT2D eigenvalue weighted by atomic mass is 35.5. The van der Waals surface area contributed by atoms with E-state index in [1.165, 1.54) is 20.9 Å². The maximum absolute atomic E-state index is 12.8. The molecule has 4 nitrogen and oxygen atoms in total. The Labute approximate surface area is 150 Å². The molecule has 0 radical (unpaired) electrons. The quantitative estimate of drug-likeness (QED) is 0.744. The molecule has 0 spiro atoms. The lowest BCUT2D eigenvalue weighted by Gasteiger charge is -2.30. The normalized spacial score (nSPS) is 18.2. The van der Waals surface area contributed by atoms with Gasteiger partial charge in [-0.1, -0.05) is 29.8 Å². The van der Waals surface area contributed by atoms with Gasteiger partial charge in [-0.05, 0) is 43.0 Å². The van der Waals surface area contributed by atoms with Crippen molar-refractivity contribution in [2.45, 2.75) is 29.5 Å². The van der Waals surface area contributed by atoms with Crippen molar-refractivity contribution in [2.24, 2.45) is 0 Å². The second-order valence-electron chi connectivity index (χ2n) is 6.10. The predicted molar refractivity (Wildman–Crippen MR) is 98.4 cm³/mol. The SMILES string of the molecule is CN(C1CCc2[nH]c3ccccc3c2C1)S(=O)(=O)c1ccc(Cl)s1. The second-order valence-corrected chi connectivity index (χ2v) is 10.0. The molecule has 0 aliphatic heterocycles. The zero-order chi connectivity index (χ0) is 16.9. The molecule has 2 aromatic heterocycles. The Morgan fingerprint density at radius 1 is 1.25 bits per heavy atom. The molecule has 0 saturated carbocycles. The average molecular weight is 381 g/mol. The van der Waals surface area contributed by atoms with Crippen molar-refractivity contribution >= 4 is 43.9 Å². The summed E-state index contributed by atoms with van der Waals surface area (Å²) in [7, 11) is -1.83. The van der Waals surface area contributed by atoms with Crippen molar-refractivity contribution in [1.82, 2.24) is 9.29 Å². The number of thiophene rings is 1. The van der Waals surface area contributed by atoms with Gasteiger partial charge in [0.2, 0.25) is 0 Å². The highest BCUT2D eigenvalue weighted by Gasteiger charge is 2.32. The van der Waals surface area contributed by atoms with Gasteiger partial charge in [0.15, 0.2) is 0 Å². The number of benzene rings is 1. The number of aryl methyl sites for hydroxylation is 1. The summed E-state index contributed by atoms with van der Waals surface area (Å²) in [6, 6.07) is 11.4. The summed E-state index contributed by atoms with van der Waals surface area (Å²) in [4.78, 5) is 3.47. The predicted octanol–water partition coefficient (Wildman–Crippen LogP) is 4.06. The number of fused-ring (bicyclic) bond motifs is 3. The number of H-pyrrole nitrogens is 1. The van der Waals surface area contributed by atoms with E-state index in [1.54, 1.807) is 19.2 Å². The third kappa shape index (κ3) is 2.58. The fourth-order valence-electron chi connectivity index (χ4n) is 3.44. The molecule has 3 aromatic rings. The van der Waals surface area contributed by atoms with Crippen molar-refractivity contribution < 1.29 is 8.42 Å². The number of hydrogen-bond acceptors (Lipinski definition) is 3. The molecule has 126 valence electrons. The number of aromatic nitrogens is 1. The minimum absolute atomic E-state index is 0.0393. The van der Waals surface area contributed by atoms with Crippen LogP contribution in [0, 0.1) is 0 Å². The number of nitrogens with one attached hydrogen (secondary N) is 1. The van der Waals surface area contributed by atoms with Crippen LogP contribution in [0.1, 0.15) is 17.7 Å². The van der Waals surface area contributed by atoms with Crippen LogP contribution in [0.15, 0.2) is 40.6 Å². The number of rotatable bonds is 3. The molecule has 24 heavy (non-hydrogen) atoms. The van der Waals surface area contributed by atoms with Gasteiger partial charge in [0.05, 0.1) is 4.34 Å². The van der Waals surface area contributed by atoms with Gasteiger partial charge >= 0.3 is 0 Å². The largest absolute Gasteiger partial charge is 0.358 e. The third-order valence-corrected chi connectivity index (χ3v) is 8.37. The van der Waals surface area contributed by atoms with E-state index in [0.717, 1.165) is 36.1 Å². The van der Waals surface area contributed by atoms with E-state index in [9.17, 15) is 8.42 Å². The van der Waals surface area contributed by atoms with E-state index >= 15 is 0 Å². The topological polar surface area (TPSA) is 53.2 Å². The van der Waals surface area contributed by atoms with Gasteiger partial charge in [-0.25, -0.2) is 8.42 Å². The van der Waals surface area contributed by atoms with Crippen LogP contribution in [-0.4, -0.2) is 30.8 Å². The van der Waals surface area contributed by atoms with Gasteiger partial charge in [0.1, 0.15) is 4.21 Å². The molecule has 4 rings (SSSR count). The summed E-state index contributed by atoms with van der Waals surface area (Å²) in [5, 5.41) is 1.20. The van der Waals surface area contributed by atoms with E-state index in [1.807, 2.05) is 12.1 Å². The van der Waals surface area contributed by atoms with E-state index in [2.05, 4.69) is 17.1 Å². The Kier molecular flexibility index (Phi) is 3.95. The maximum atomic E-state index is 12.8. The van der Waals surface area contributed by atoms with Gasteiger partial charge in [-0.2, -0.15) is 4.31 Å². The van der Waals surface area contributed by atoms with E-state index in [0.29, 0.717) is 8.55 Å². The van der Waals surface area contributed by atoms with Crippen LogP contribution in [0.5, 0.6) is 0 Å². The van der Waals surface area contributed by atoms with Crippen molar-refractivity contribution in [2.75, 3.05) is 7.05 Å². The smallest absolute Gasteiger partial charge is 0.252 e. The molecular weight excluding hydrogens is 364 g/mol. The first-order valence-electron chi connectivity index (χ1n) is 7.78. The lowest BCUT2D eigenvalue weighted by molar-refractivity contribution is 0.336. The van der Waals surface area contributed by atoms with Crippen molar-refractivity contribution in [3.05, 3.63) is 52.0 Å². The molecule has 1 aromatic carbocycles. The zero-order valence-electron chi connectivity index (χ0n) is 13.1. The molecule has 2 heterocycles. The lowest BCUT2D eigenvalue weighted by atomic mass is 9.91. The van der Waals surface area contributed by atoms with Crippen LogP contribution in [-0.2, 0) is 22.9 Å². The van der Waals surface area contributed by atoms with Crippen LogP contribution >= 0.6 is 22.9 Å². The highest BCUT2D eigenvalue weighted by Crippen LogP contribution is 2.34.